The molecule has 0 fully saturated rings. The Morgan fingerprint density at radius 1 is 1.00 bits per heavy atom. The van der Waals surface area contributed by atoms with Gasteiger partial charge in [-0.3, -0.25) is 4.79 Å². The number of fused-ring (bicyclic) bond motifs is 1. The minimum atomic E-state index is -1.01. The molecule has 0 spiro atoms. The third-order valence-electron chi connectivity index (χ3n) is 5.85. The fraction of sp³-hybridized carbons (Fsp3) is 0.138. The monoisotopic (exact) mass is 481 g/mol. The number of furan rings is 1. The van der Waals surface area contributed by atoms with E-state index in [-0.39, 0.29) is 11.0 Å². The minimum absolute atomic E-state index is 0.134. The van der Waals surface area contributed by atoms with Gasteiger partial charge in [0.15, 0.2) is 0 Å². The lowest BCUT2D eigenvalue weighted by atomic mass is 9.84. The first-order valence-electron chi connectivity index (χ1n) is 11.2. The topological polar surface area (TPSA) is 143 Å². The number of allylic oxidation sites excluding steroid dienone is 1. The van der Waals surface area contributed by atoms with Crippen LogP contribution >= 0.6 is 0 Å². The van der Waals surface area contributed by atoms with Crippen molar-refractivity contribution in [3.05, 3.63) is 107 Å². The van der Waals surface area contributed by atoms with Crippen LogP contribution in [0.3, 0.4) is 0 Å². The van der Waals surface area contributed by atoms with E-state index in [1.807, 2.05) is 36.4 Å². The van der Waals surface area contributed by atoms with Crippen LogP contribution in [0, 0.1) is 11.3 Å². The van der Waals surface area contributed by atoms with Crippen LogP contribution in [0.5, 0.6) is 0 Å². The highest BCUT2D eigenvalue weighted by atomic mass is 16.4. The third-order valence-corrected chi connectivity index (χ3v) is 5.85. The Bertz CT molecular complexity index is 1460. The smallest absolute Gasteiger partial charge is 0.336 e. The first kappa shape index (κ1) is 25.9. The number of nitriles is 1. The second-order valence-electron chi connectivity index (χ2n) is 8.74. The number of carbonyl (C=O) groups is 2. The highest BCUT2D eigenvalue weighted by Crippen LogP contribution is 2.25. The minimum Gasteiger partial charge on any atom is -0.478 e. The first-order chi connectivity index (χ1) is 17.2. The summed E-state index contributed by atoms with van der Waals surface area (Å²) < 4.78 is 5.11. The van der Waals surface area contributed by atoms with Crippen molar-refractivity contribution in [3.63, 3.8) is 0 Å². The Balaban J connectivity index is 0.000000249. The van der Waals surface area contributed by atoms with Crippen molar-refractivity contribution in [1.29, 1.82) is 5.26 Å². The summed E-state index contributed by atoms with van der Waals surface area (Å²) in [6, 6.07) is 23.7. The number of aromatic carboxylic acids is 1. The molecule has 5 N–H and O–H groups in total. The molecule has 3 aromatic carbocycles. The number of carbonyl (C=O) groups excluding carboxylic acids is 1. The molecule has 0 aliphatic rings. The Hall–Kier alpha value is -4.67. The quantitative estimate of drug-likeness (QED) is 0.254. The predicted octanol–water partition coefficient (Wildman–Crippen LogP) is 5.22. The van der Waals surface area contributed by atoms with E-state index in [1.165, 1.54) is 12.3 Å². The fourth-order valence-corrected chi connectivity index (χ4v) is 3.54. The van der Waals surface area contributed by atoms with Crippen molar-refractivity contribution >= 4 is 34.5 Å². The summed E-state index contributed by atoms with van der Waals surface area (Å²) >= 11 is 0. The molecule has 7 heteroatoms. The van der Waals surface area contributed by atoms with Gasteiger partial charge in [-0.25, -0.2) is 4.79 Å². The van der Waals surface area contributed by atoms with Gasteiger partial charge in [-0.05, 0) is 34.9 Å². The average Bonchev–Trinajstić information content (AvgIpc) is 3.32. The molecule has 36 heavy (non-hydrogen) atoms. The standard InChI is InChI=1S/C20H20N2O2.C9H7NO2/c1-20(2,13-22)17-9-7-14(8-10-17)16(12-21)11-15-5-3-4-6-18(15)19(23)24;10-9(11)7-5-12-8-4-2-1-3-6(7)8/h3-11H,13,22H2,1-2H3,(H,23,24);1-5H,(H2,10,11)/b16-11+;. The summed E-state index contributed by atoms with van der Waals surface area (Å²) in [5, 5.41) is 19.5. The molecule has 0 atom stereocenters. The molecule has 4 aromatic rings. The summed E-state index contributed by atoms with van der Waals surface area (Å²) in [6.07, 6.45) is 2.99. The van der Waals surface area contributed by atoms with Crippen molar-refractivity contribution in [3.8, 4) is 6.07 Å². The van der Waals surface area contributed by atoms with Crippen LogP contribution in [-0.2, 0) is 5.41 Å². The number of nitrogens with zero attached hydrogens (tertiary/aromatic N) is 1. The number of carboxylic acid groups (broad SMARTS) is 1. The van der Waals surface area contributed by atoms with E-state index in [4.69, 9.17) is 15.9 Å². The molecular weight excluding hydrogens is 454 g/mol. The highest BCUT2D eigenvalue weighted by Gasteiger charge is 2.18. The van der Waals surface area contributed by atoms with Gasteiger partial charge in [0.2, 0.25) is 0 Å². The second kappa shape index (κ2) is 11.2. The molecule has 0 bridgehead atoms. The summed E-state index contributed by atoms with van der Waals surface area (Å²) in [5.41, 5.74) is 14.8. The highest BCUT2D eigenvalue weighted by molar-refractivity contribution is 6.05. The molecule has 1 amide bonds. The average molecular weight is 482 g/mol. The molecule has 7 nitrogen and oxygen atoms in total. The van der Waals surface area contributed by atoms with E-state index in [1.54, 1.807) is 36.4 Å². The van der Waals surface area contributed by atoms with Crippen molar-refractivity contribution < 1.29 is 19.1 Å². The van der Waals surface area contributed by atoms with Crippen molar-refractivity contribution in [2.24, 2.45) is 11.5 Å². The fourth-order valence-electron chi connectivity index (χ4n) is 3.54. The molecule has 1 heterocycles. The van der Waals surface area contributed by atoms with Gasteiger partial charge in [-0.15, -0.1) is 0 Å². The van der Waals surface area contributed by atoms with Crippen molar-refractivity contribution in [1.82, 2.24) is 0 Å². The molecule has 4 rings (SSSR count). The molecule has 1 aromatic heterocycles. The van der Waals surface area contributed by atoms with Crippen LogP contribution in [0.1, 0.15) is 51.3 Å². The zero-order chi connectivity index (χ0) is 26.3. The third kappa shape index (κ3) is 5.87. The lowest BCUT2D eigenvalue weighted by Gasteiger charge is -2.23. The van der Waals surface area contributed by atoms with E-state index < -0.39 is 11.9 Å². The first-order valence-corrected chi connectivity index (χ1v) is 11.2. The lowest BCUT2D eigenvalue weighted by Crippen LogP contribution is -2.27. The number of para-hydroxylation sites is 1. The lowest BCUT2D eigenvalue weighted by molar-refractivity contribution is 0.0696. The number of carboxylic acids is 1. The SMILES string of the molecule is CC(C)(CN)c1ccc(/C(C#N)=C/c2ccccc2C(=O)O)cc1.NC(=O)c1coc2ccccc12. The number of hydrogen-bond donors (Lipinski definition) is 3. The molecule has 0 radical (unpaired) electrons. The van der Waals surface area contributed by atoms with Gasteiger partial charge >= 0.3 is 5.97 Å². The van der Waals surface area contributed by atoms with Crippen LogP contribution < -0.4 is 11.5 Å². The molecule has 0 saturated heterocycles. The number of primary amides is 1. The summed E-state index contributed by atoms with van der Waals surface area (Å²) in [4.78, 5) is 22.1. The van der Waals surface area contributed by atoms with Gasteiger partial charge in [0.25, 0.3) is 5.91 Å². The maximum Gasteiger partial charge on any atom is 0.336 e. The largest absolute Gasteiger partial charge is 0.478 e. The number of benzene rings is 3. The van der Waals surface area contributed by atoms with E-state index in [9.17, 15) is 20.0 Å². The zero-order valence-electron chi connectivity index (χ0n) is 20.1. The molecule has 182 valence electrons. The van der Waals surface area contributed by atoms with Gasteiger partial charge in [0, 0.05) is 17.3 Å². The van der Waals surface area contributed by atoms with Crippen LogP contribution in [0.2, 0.25) is 0 Å². The Morgan fingerprint density at radius 2 is 1.64 bits per heavy atom. The zero-order valence-corrected chi connectivity index (χ0v) is 20.1. The predicted molar refractivity (Wildman–Crippen MR) is 140 cm³/mol. The number of hydrogen-bond acceptors (Lipinski definition) is 5. The molecule has 0 aliphatic heterocycles. The van der Waals surface area contributed by atoms with E-state index >= 15 is 0 Å². The second-order valence-corrected chi connectivity index (χ2v) is 8.74. The summed E-state index contributed by atoms with van der Waals surface area (Å²) in [7, 11) is 0. The number of amides is 1. The maximum atomic E-state index is 11.3. The normalized spacial score (nSPS) is 11.3. The summed E-state index contributed by atoms with van der Waals surface area (Å²) in [5.74, 6) is -1.47. The Labute approximate surface area is 209 Å². The van der Waals surface area contributed by atoms with Crippen LogP contribution in [0.4, 0.5) is 0 Å². The van der Waals surface area contributed by atoms with Crippen LogP contribution in [-0.4, -0.2) is 23.5 Å². The number of rotatable bonds is 6. The van der Waals surface area contributed by atoms with Crippen molar-refractivity contribution in [2.75, 3.05) is 6.54 Å². The van der Waals surface area contributed by atoms with E-state index in [2.05, 4.69) is 19.9 Å². The molecule has 0 saturated carbocycles. The van der Waals surface area contributed by atoms with Gasteiger partial charge in [-0.1, -0.05) is 74.5 Å². The molecule has 0 aliphatic carbocycles. The van der Waals surface area contributed by atoms with E-state index in [0.717, 1.165) is 16.5 Å². The van der Waals surface area contributed by atoms with Crippen molar-refractivity contribution in [2.45, 2.75) is 19.3 Å². The maximum absolute atomic E-state index is 11.3. The van der Waals surface area contributed by atoms with Crippen LogP contribution in [0.25, 0.3) is 22.6 Å². The van der Waals surface area contributed by atoms with Gasteiger partial charge < -0.3 is 21.0 Å². The van der Waals surface area contributed by atoms with E-state index in [0.29, 0.717) is 28.8 Å². The van der Waals surface area contributed by atoms with Gasteiger partial charge in [-0.2, -0.15) is 5.26 Å². The van der Waals surface area contributed by atoms with Gasteiger partial charge in [0.1, 0.15) is 11.8 Å². The Kier molecular flexibility index (Phi) is 8.05. The van der Waals surface area contributed by atoms with Crippen LogP contribution in [0.15, 0.2) is 83.5 Å². The molecule has 0 unspecified atom stereocenters. The molecular formula is C29H27N3O4. The van der Waals surface area contributed by atoms with Gasteiger partial charge in [0.05, 0.1) is 22.8 Å². The number of nitrogens with two attached hydrogens (primary N) is 2. The Morgan fingerprint density at radius 3 is 2.25 bits per heavy atom. The summed E-state index contributed by atoms with van der Waals surface area (Å²) in [6.45, 7) is 4.65.